The van der Waals surface area contributed by atoms with Crippen molar-refractivity contribution < 1.29 is 23.1 Å². The van der Waals surface area contributed by atoms with E-state index in [1.807, 2.05) is 6.07 Å². The summed E-state index contributed by atoms with van der Waals surface area (Å²) in [5.74, 6) is -0.0965. The summed E-state index contributed by atoms with van der Waals surface area (Å²) in [4.78, 5) is 24.8. The number of carbonyl (C=O) groups is 2. The van der Waals surface area contributed by atoms with Crippen LogP contribution >= 0.6 is 0 Å². The van der Waals surface area contributed by atoms with Gasteiger partial charge in [-0.15, -0.1) is 0 Å². The van der Waals surface area contributed by atoms with Gasteiger partial charge < -0.3 is 20.3 Å². The van der Waals surface area contributed by atoms with Crippen molar-refractivity contribution in [2.24, 2.45) is 0 Å². The van der Waals surface area contributed by atoms with Crippen molar-refractivity contribution in [1.29, 1.82) is 0 Å². The molecule has 8 heteroatoms. The summed E-state index contributed by atoms with van der Waals surface area (Å²) in [7, 11) is 1.63. The van der Waals surface area contributed by atoms with Gasteiger partial charge in [0.15, 0.2) is 0 Å². The van der Waals surface area contributed by atoms with Crippen molar-refractivity contribution in [3.63, 3.8) is 0 Å². The number of urea groups is 1. The molecule has 0 aromatic heterocycles. The zero-order valence-corrected chi connectivity index (χ0v) is 15.0. The number of carbonyl (C=O) groups excluding carboxylic acids is 2. The van der Waals surface area contributed by atoms with Crippen LogP contribution in [-0.4, -0.2) is 30.5 Å². The van der Waals surface area contributed by atoms with Gasteiger partial charge in [-0.3, -0.25) is 4.79 Å². The first kappa shape index (κ1) is 20.2. The van der Waals surface area contributed by atoms with Crippen LogP contribution in [-0.2, 0) is 17.9 Å². The van der Waals surface area contributed by atoms with E-state index in [0.29, 0.717) is 18.8 Å². The standard InChI is InChI=1S/C19H21F2N3O3/c1-13(25)23-16-5-3-4-15(10-16)11-22-19(26)24(2)12-14-6-8-17(9-7-14)27-18(20)21/h3-10,18H,11-12H2,1-2H3,(H,22,26)(H,23,25). The fourth-order valence-corrected chi connectivity index (χ4v) is 2.40. The lowest BCUT2D eigenvalue weighted by Gasteiger charge is -2.18. The maximum absolute atomic E-state index is 12.2. The summed E-state index contributed by atoms with van der Waals surface area (Å²) >= 11 is 0. The Labute approximate surface area is 156 Å². The molecule has 2 aromatic rings. The summed E-state index contributed by atoms with van der Waals surface area (Å²) in [5.41, 5.74) is 2.28. The number of benzene rings is 2. The van der Waals surface area contributed by atoms with Gasteiger partial charge in [0.2, 0.25) is 5.91 Å². The minimum atomic E-state index is -2.87. The van der Waals surface area contributed by atoms with Crippen LogP contribution in [0.15, 0.2) is 48.5 Å². The second-order valence-electron chi connectivity index (χ2n) is 5.92. The minimum absolute atomic E-state index is 0.0694. The van der Waals surface area contributed by atoms with Crippen LogP contribution in [0.25, 0.3) is 0 Å². The molecular formula is C19H21F2N3O3. The number of alkyl halides is 2. The van der Waals surface area contributed by atoms with Crippen LogP contribution < -0.4 is 15.4 Å². The smallest absolute Gasteiger partial charge is 0.387 e. The van der Waals surface area contributed by atoms with Crippen LogP contribution in [0.2, 0.25) is 0 Å². The Morgan fingerprint density at radius 3 is 2.44 bits per heavy atom. The largest absolute Gasteiger partial charge is 0.435 e. The second kappa shape index (κ2) is 9.51. The fourth-order valence-electron chi connectivity index (χ4n) is 2.40. The number of hydrogen-bond acceptors (Lipinski definition) is 3. The average molecular weight is 377 g/mol. The zero-order chi connectivity index (χ0) is 19.8. The first-order valence-electron chi connectivity index (χ1n) is 8.22. The molecule has 0 spiro atoms. The van der Waals surface area contributed by atoms with Gasteiger partial charge in [0.1, 0.15) is 5.75 Å². The second-order valence-corrected chi connectivity index (χ2v) is 5.92. The van der Waals surface area contributed by atoms with Gasteiger partial charge in [0, 0.05) is 32.7 Å². The maximum Gasteiger partial charge on any atom is 0.387 e. The molecule has 0 fully saturated rings. The average Bonchev–Trinajstić information content (AvgIpc) is 2.60. The Morgan fingerprint density at radius 2 is 1.81 bits per heavy atom. The van der Waals surface area contributed by atoms with Crippen molar-refractivity contribution in [3.05, 3.63) is 59.7 Å². The van der Waals surface area contributed by atoms with Gasteiger partial charge in [-0.1, -0.05) is 24.3 Å². The molecule has 0 radical (unpaired) electrons. The van der Waals surface area contributed by atoms with E-state index in [9.17, 15) is 18.4 Å². The molecule has 0 aliphatic carbocycles. The Hall–Kier alpha value is -3.16. The van der Waals surface area contributed by atoms with Crippen molar-refractivity contribution in [2.75, 3.05) is 12.4 Å². The molecule has 6 nitrogen and oxygen atoms in total. The molecule has 0 bridgehead atoms. The molecule has 0 saturated carbocycles. The summed E-state index contributed by atoms with van der Waals surface area (Å²) in [6, 6.07) is 13.0. The molecule has 0 aliphatic rings. The molecular weight excluding hydrogens is 356 g/mol. The van der Waals surface area contributed by atoms with Gasteiger partial charge in [0.25, 0.3) is 0 Å². The van der Waals surface area contributed by atoms with E-state index in [0.717, 1.165) is 11.1 Å². The lowest BCUT2D eigenvalue weighted by atomic mass is 10.2. The van der Waals surface area contributed by atoms with E-state index >= 15 is 0 Å². The molecule has 27 heavy (non-hydrogen) atoms. The first-order valence-corrected chi connectivity index (χ1v) is 8.22. The lowest BCUT2D eigenvalue weighted by Crippen LogP contribution is -2.36. The number of hydrogen-bond donors (Lipinski definition) is 2. The lowest BCUT2D eigenvalue weighted by molar-refractivity contribution is -0.114. The van der Waals surface area contributed by atoms with Crippen LogP contribution in [0.1, 0.15) is 18.1 Å². The number of ether oxygens (including phenoxy) is 1. The van der Waals surface area contributed by atoms with Crippen LogP contribution in [0.5, 0.6) is 5.75 Å². The molecule has 0 heterocycles. The van der Waals surface area contributed by atoms with Gasteiger partial charge in [-0.05, 0) is 35.4 Å². The quantitative estimate of drug-likeness (QED) is 0.775. The van der Waals surface area contributed by atoms with Gasteiger partial charge in [-0.25, -0.2) is 4.79 Å². The van der Waals surface area contributed by atoms with Crippen molar-refractivity contribution in [3.8, 4) is 5.75 Å². The molecule has 3 amide bonds. The monoisotopic (exact) mass is 377 g/mol. The van der Waals surface area contributed by atoms with Gasteiger partial charge in [0.05, 0.1) is 0 Å². The summed E-state index contributed by atoms with van der Waals surface area (Å²) in [6.45, 7) is -0.825. The van der Waals surface area contributed by atoms with E-state index in [2.05, 4.69) is 15.4 Å². The predicted octanol–water partition coefficient (Wildman–Crippen LogP) is 3.59. The highest BCUT2D eigenvalue weighted by Crippen LogP contribution is 2.16. The predicted molar refractivity (Wildman–Crippen MR) is 97.5 cm³/mol. The number of nitrogens with zero attached hydrogens (tertiary/aromatic N) is 1. The van der Waals surface area contributed by atoms with E-state index < -0.39 is 6.61 Å². The van der Waals surface area contributed by atoms with E-state index in [1.54, 1.807) is 37.4 Å². The summed E-state index contributed by atoms with van der Waals surface area (Å²) < 4.78 is 28.6. The van der Waals surface area contributed by atoms with Crippen molar-refractivity contribution in [2.45, 2.75) is 26.6 Å². The Balaban J connectivity index is 1.85. The van der Waals surface area contributed by atoms with Crippen LogP contribution in [0.3, 0.4) is 0 Å². The van der Waals surface area contributed by atoms with E-state index in [4.69, 9.17) is 0 Å². The third-order valence-electron chi connectivity index (χ3n) is 3.61. The summed E-state index contributed by atoms with van der Waals surface area (Å²) in [5, 5.41) is 5.47. The zero-order valence-electron chi connectivity index (χ0n) is 15.0. The molecule has 0 aliphatic heterocycles. The summed E-state index contributed by atoms with van der Waals surface area (Å²) in [6.07, 6.45) is 0. The number of amides is 3. The normalized spacial score (nSPS) is 10.4. The highest BCUT2D eigenvalue weighted by molar-refractivity contribution is 5.88. The highest BCUT2D eigenvalue weighted by Gasteiger charge is 2.10. The number of halogens is 2. The topological polar surface area (TPSA) is 70.7 Å². The van der Waals surface area contributed by atoms with Crippen LogP contribution in [0, 0.1) is 0 Å². The molecule has 0 unspecified atom stereocenters. The Kier molecular flexibility index (Phi) is 7.10. The van der Waals surface area contributed by atoms with E-state index in [1.165, 1.54) is 24.0 Å². The number of anilines is 1. The first-order chi connectivity index (χ1) is 12.8. The van der Waals surface area contributed by atoms with Crippen LogP contribution in [0.4, 0.5) is 19.3 Å². The fraction of sp³-hybridized carbons (Fsp3) is 0.263. The SMILES string of the molecule is CC(=O)Nc1cccc(CNC(=O)N(C)Cc2ccc(OC(F)F)cc2)c1. The number of rotatable bonds is 7. The molecule has 2 aromatic carbocycles. The minimum Gasteiger partial charge on any atom is -0.435 e. The maximum atomic E-state index is 12.2. The Bertz CT molecular complexity index is 782. The molecule has 0 saturated heterocycles. The molecule has 2 rings (SSSR count). The highest BCUT2D eigenvalue weighted by atomic mass is 19.3. The van der Waals surface area contributed by atoms with Gasteiger partial charge >= 0.3 is 12.6 Å². The van der Waals surface area contributed by atoms with E-state index in [-0.39, 0.29) is 17.7 Å². The van der Waals surface area contributed by atoms with Crippen molar-refractivity contribution >= 4 is 17.6 Å². The van der Waals surface area contributed by atoms with Crippen molar-refractivity contribution in [1.82, 2.24) is 10.2 Å². The molecule has 144 valence electrons. The molecule has 0 atom stereocenters. The number of nitrogens with one attached hydrogen (secondary N) is 2. The van der Waals surface area contributed by atoms with Gasteiger partial charge in [-0.2, -0.15) is 8.78 Å². The Morgan fingerprint density at radius 1 is 1.11 bits per heavy atom. The third kappa shape index (κ3) is 6.93. The third-order valence-corrected chi connectivity index (χ3v) is 3.61. The molecule has 2 N–H and O–H groups in total.